The van der Waals surface area contributed by atoms with Gasteiger partial charge in [-0.1, -0.05) is 43.7 Å². The van der Waals surface area contributed by atoms with E-state index in [4.69, 9.17) is 5.73 Å². The van der Waals surface area contributed by atoms with Crippen LogP contribution < -0.4 is 11.1 Å². The van der Waals surface area contributed by atoms with Crippen molar-refractivity contribution in [2.24, 2.45) is 5.92 Å². The Balaban J connectivity index is 1.75. The highest BCUT2D eigenvalue weighted by Gasteiger charge is 2.27. The number of carbonyl (C=O) groups excluding carboxylic acids is 1. The Morgan fingerprint density at radius 1 is 1.36 bits per heavy atom. The second kappa shape index (κ2) is 6.53. The second-order valence-corrected chi connectivity index (χ2v) is 7.07. The van der Waals surface area contributed by atoms with Crippen molar-refractivity contribution in [3.05, 3.63) is 51.9 Å². The minimum Gasteiger partial charge on any atom is -0.390 e. The van der Waals surface area contributed by atoms with E-state index in [1.165, 1.54) is 23.3 Å². The summed E-state index contributed by atoms with van der Waals surface area (Å²) in [6.07, 6.45) is 4.42. The van der Waals surface area contributed by atoms with Gasteiger partial charge in [-0.3, -0.25) is 4.79 Å². The Hall–Kier alpha value is -1.81. The van der Waals surface area contributed by atoms with Crippen LogP contribution in [0.15, 0.2) is 30.3 Å². The standard InChI is InChI=1S/C18H22N2OS/c1-2-12-8-9-14-15(10-12)22-17(19)16(14)18(21)20-11-13-6-4-3-5-7-13/h3-7,12H,2,8-11,19H2,1H3,(H,20,21)/t12-/m1/s1. The van der Waals surface area contributed by atoms with Crippen LogP contribution in [0.4, 0.5) is 5.00 Å². The number of hydrogen-bond donors (Lipinski definition) is 2. The molecule has 0 unspecified atom stereocenters. The summed E-state index contributed by atoms with van der Waals surface area (Å²) in [4.78, 5) is 13.9. The molecule has 0 fully saturated rings. The lowest BCUT2D eigenvalue weighted by Crippen LogP contribution is -2.25. The number of nitrogens with one attached hydrogen (secondary N) is 1. The van der Waals surface area contributed by atoms with Gasteiger partial charge in [0.25, 0.3) is 5.91 Å². The Kier molecular flexibility index (Phi) is 4.48. The van der Waals surface area contributed by atoms with Gasteiger partial charge in [0.2, 0.25) is 0 Å². The third-order valence-electron chi connectivity index (χ3n) is 4.49. The third-order valence-corrected chi connectivity index (χ3v) is 5.58. The molecule has 1 aromatic heterocycles. The highest BCUT2D eigenvalue weighted by molar-refractivity contribution is 7.16. The number of fused-ring (bicyclic) bond motifs is 1. The zero-order valence-corrected chi connectivity index (χ0v) is 13.7. The molecule has 4 heteroatoms. The molecule has 116 valence electrons. The fraction of sp³-hybridized carbons (Fsp3) is 0.389. The first-order chi connectivity index (χ1) is 10.7. The number of hydrogen-bond acceptors (Lipinski definition) is 3. The summed E-state index contributed by atoms with van der Waals surface area (Å²) in [5.74, 6) is 0.708. The second-order valence-electron chi connectivity index (χ2n) is 5.93. The van der Waals surface area contributed by atoms with Crippen molar-refractivity contribution in [2.75, 3.05) is 5.73 Å². The quantitative estimate of drug-likeness (QED) is 0.902. The first-order valence-corrected chi connectivity index (χ1v) is 8.72. The molecule has 1 atom stereocenters. The zero-order chi connectivity index (χ0) is 15.5. The summed E-state index contributed by atoms with van der Waals surface area (Å²) in [5, 5.41) is 3.68. The molecule has 1 aliphatic rings. The van der Waals surface area contributed by atoms with E-state index in [1.54, 1.807) is 11.3 Å². The molecule has 1 aliphatic carbocycles. The molecule has 1 amide bonds. The maximum atomic E-state index is 12.5. The molecule has 0 radical (unpaired) electrons. The molecule has 2 aromatic rings. The highest BCUT2D eigenvalue weighted by atomic mass is 32.1. The fourth-order valence-electron chi connectivity index (χ4n) is 3.14. The summed E-state index contributed by atoms with van der Waals surface area (Å²) in [6.45, 7) is 2.78. The molecule has 0 aliphatic heterocycles. The summed E-state index contributed by atoms with van der Waals surface area (Å²) in [5.41, 5.74) is 9.16. The Morgan fingerprint density at radius 2 is 2.14 bits per heavy atom. The van der Waals surface area contributed by atoms with Gasteiger partial charge in [0.1, 0.15) is 0 Å². The molecule has 0 bridgehead atoms. The van der Waals surface area contributed by atoms with Crippen LogP contribution in [0.25, 0.3) is 0 Å². The molecular formula is C18H22N2OS. The topological polar surface area (TPSA) is 55.1 Å². The van der Waals surface area contributed by atoms with Gasteiger partial charge in [0, 0.05) is 11.4 Å². The Bertz CT molecular complexity index is 663. The highest BCUT2D eigenvalue weighted by Crippen LogP contribution is 2.38. The van der Waals surface area contributed by atoms with Gasteiger partial charge in [0.05, 0.1) is 10.6 Å². The SMILES string of the molecule is CC[C@@H]1CCc2c(sc(N)c2C(=O)NCc2ccccc2)C1. The number of nitrogen functional groups attached to an aromatic ring is 1. The van der Waals surface area contributed by atoms with Crippen LogP contribution in [0, 0.1) is 5.92 Å². The van der Waals surface area contributed by atoms with E-state index in [0.29, 0.717) is 11.5 Å². The normalized spacial score (nSPS) is 17.0. The minimum atomic E-state index is -0.0335. The number of carbonyl (C=O) groups is 1. The molecule has 1 heterocycles. The van der Waals surface area contributed by atoms with Crippen LogP contribution in [0.3, 0.4) is 0 Å². The van der Waals surface area contributed by atoms with E-state index in [9.17, 15) is 4.79 Å². The average molecular weight is 314 g/mol. The Morgan fingerprint density at radius 3 is 2.86 bits per heavy atom. The van der Waals surface area contributed by atoms with Gasteiger partial charge < -0.3 is 11.1 Å². The number of benzene rings is 1. The average Bonchev–Trinajstić information content (AvgIpc) is 2.88. The summed E-state index contributed by atoms with van der Waals surface area (Å²) in [7, 11) is 0. The van der Waals surface area contributed by atoms with Gasteiger partial charge in [-0.05, 0) is 36.3 Å². The number of anilines is 1. The van der Waals surface area contributed by atoms with Gasteiger partial charge >= 0.3 is 0 Å². The summed E-state index contributed by atoms with van der Waals surface area (Å²) >= 11 is 1.60. The number of nitrogens with two attached hydrogens (primary N) is 1. The molecule has 3 nitrogen and oxygen atoms in total. The van der Waals surface area contributed by atoms with Gasteiger partial charge in [0.15, 0.2) is 0 Å². The van der Waals surface area contributed by atoms with Crippen molar-refractivity contribution in [2.45, 2.75) is 39.2 Å². The lowest BCUT2D eigenvalue weighted by Gasteiger charge is -2.21. The van der Waals surface area contributed by atoms with E-state index in [0.717, 1.165) is 29.9 Å². The van der Waals surface area contributed by atoms with E-state index in [-0.39, 0.29) is 5.91 Å². The van der Waals surface area contributed by atoms with Crippen LogP contribution in [0.1, 0.15) is 46.1 Å². The predicted octanol–water partition coefficient (Wildman–Crippen LogP) is 3.78. The van der Waals surface area contributed by atoms with Crippen LogP contribution >= 0.6 is 11.3 Å². The van der Waals surface area contributed by atoms with Crippen molar-refractivity contribution >= 4 is 22.2 Å². The van der Waals surface area contributed by atoms with Crippen molar-refractivity contribution in [3.63, 3.8) is 0 Å². The zero-order valence-electron chi connectivity index (χ0n) is 12.9. The van der Waals surface area contributed by atoms with Crippen LogP contribution in [0.5, 0.6) is 0 Å². The third kappa shape index (κ3) is 3.02. The van der Waals surface area contributed by atoms with Crippen LogP contribution in [-0.4, -0.2) is 5.91 Å². The molecule has 3 rings (SSSR count). The number of amides is 1. The van der Waals surface area contributed by atoms with E-state index < -0.39 is 0 Å². The lowest BCUT2D eigenvalue weighted by atomic mass is 9.85. The molecular weight excluding hydrogens is 292 g/mol. The summed E-state index contributed by atoms with van der Waals surface area (Å²) < 4.78 is 0. The van der Waals surface area contributed by atoms with Crippen molar-refractivity contribution in [3.8, 4) is 0 Å². The summed E-state index contributed by atoms with van der Waals surface area (Å²) in [6, 6.07) is 9.96. The lowest BCUT2D eigenvalue weighted by molar-refractivity contribution is 0.0951. The molecule has 0 saturated heterocycles. The number of thiophene rings is 1. The van der Waals surface area contributed by atoms with Crippen LogP contribution in [-0.2, 0) is 19.4 Å². The van der Waals surface area contributed by atoms with Crippen molar-refractivity contribution < 1.29 is 4.79 Å². The van der Waals surface area contributed by atoms with E-state index in [1.807, 2.05) is 30.3 Å². The van der Waals surface area contributed by atoms with Crippen molar-refractivity contribution in [1.29, 1.82) is 0 Å². The first kappa shape index (κ1) is 15.1. The molecule has 22 heavy (non-hydrogen) atoms. The number of rotatable bonds is 4. The molecule has 3 N–H and O–H groups in total. The van der Waals surface area contributed by atoms with Gasteiger partial charge in [-0.2, -0.15) is 0 Å². The predicted molar refractivity (Wildman–Crippen MR) is 92.1 cm³/mol. The molecule has 0 spiro atoms. The Labute approximate surface area is 135 Å². The van der Waals surface area contributed by atoms with Crippen molar-refractivity contribution in [1.82, 2.24) is 5.32 Å². The minimum absolute atomic E-state index is 0.0335. The van der Waals surface area contributed by atoms with Gasteiger partial charge in [-0.25, -0.2) is 0 Å². The van der Waals surface area contributed by atoms with Crippen LogP contribution in [0.2, 0.25) is 0 Å². The fourth-order valence-corrected chi connectivity index (χ4v) is 4.37. The van der Waals surface area contributed by atoms with E-state index in [2.05, 4.69) is 12.2 Å². The monoisotopic (exact) mass is 314 g/mol. The maximum absolute atomic E-state index is 12.5. The largest absolute Gasteiger partial charge is 0.390 e. The smallest absolute Gasteiger partial charge is 0.254 e. The molecule has 1 aromatic carbocycles. The first-order valence-electron chi connectivity index (χ1n) is 7.91. The van der Waals surface area contributed by atoms with Gasteiger partial charge in [-0.15, -0.1) is 11.3 Å². The van der Waals surface area contributed by atoms with E-state index >= 15 is 0 Å². The maximum Gasteiger partial charge on any atom is 0.254 e. The molecule has 0 saturated carbocycles.